The zero-order valence-corrected chi connectivity index (χ0v) is 13.0. The number of halogens is 1. The Morgan fingerprint density at radius 1 is 1.61 bits per heavy atom. The molecular formula is C11H13BrN2O2S2. The van der Waals surface area contributed by atoms with Crippen molar-refractivity contribution in [1.82, 2.24) is 5.43 Å². The van der Waals surface area contributed by atoms with Crippen molar-refractivity contribution in [3.63, 3.8) is 0 Å². The summed E-state index contributed by atoms with van der Waals surface area (Å²) in [5, 5.41) is 3.87. The minimum Gasteiger partial charge on any atom is -0.448 e. The van der Waals surface area contributed by atoms with Crippen molar-refractivity contribution in [3.8, 4) is 0 Å². The maximum absolute atomic E-state index is 11.7. The highest BCUT2D eigenvalue weighted by molar-refractivity contribution is 9.10. The highest BCUT2D eigenvalue weighted by atomic mass is 79.9. The fourth-order valence-corrected chi connectivity index (χ4v) is 4.70. The number of carbonyl (C=O) groups excluding carboxylic acids is 1. The molecular weight excluding hydrogens is 336 g/mol. The number of carbonyl (C=O) groups is 1. The van der Waals surface area contributed by atoms with Crippen LogP contribution in [0.5, 0.6) is 0 Å². The molecule has 2 rings (SSSR count). The lowest BCUT2D eigenvalue weighted by Crippen LogP contribution is -2.26. The monoisotopic (exact) mass is 348 g/mol. The van der Waals surface area contributed by atoms with Crippen LogP contribution in [0.4, 0.5) is 0 Å². The first-order valence-electron chi connectivity index (χ1n) is 5.43. The molecule has 7 heteroatoms. The number of rotatable bonds is 4. The number of hydrogen-bond acceptors (Lipinski definition) is 5. The van der Waals surface area contributed by atoms with E-state index in [-0.39, 0.29) is 9.99 Å². The van der Waals surface area contributed by atoms with Gasteiger partial charge in [-0.2, -0.15) is 5.10 Å². The summed E-state index contributed by atoms with van der Waals surface area (Å²) in [6.45, 7) is 2.10. The Morgan fingerprint density at radius 2 is 2.33 bits per heavy atom. The van der Waals surface area contributed by atoms with E-state index in [1.165, 1.54) is 6.21 Å². The molecule has 2 heterocycles. The van der Waals surface area contributed by atoms with Crippen molar-refractivity contribution in [2.75, 3.05) is 11.5 Å². The zero-order valence-electron chi connectivity index (χ0n) is 9.81. The number of thioether (sulfide) groups is 2. The van der Waals surface area contributed by atoms with E-state index < -0.39 is 0 Å². The topological polar surface area (TPSA) is 54.6 Å². The first-order chi connectivity index (χ1) is 8.57. The molecule has 0 saturated carbocycles. The van der Waals surface area contributed by atoms with E-state index in [2.05, 4.69) is 33.4 Å². The van der Waals surface area contributed by atoms with Crippen LogP contribution in [-0.2, 0) is 4.79 Å². The van der Waals surface area contributed by atoms with Gasteiger partial charge in [0.15, 0.2) is 4.67 Å². The summed E-state index contributed by atoms with van der Waals surface area (Å²) < 4.78 is 5.86. The van der Waals surface area contributed by atoms with Crippen LogP contribution in [0, 0.1) is 0 Å². The Kier molecular flexibility index (Phi) is 4.80. The fraction of sp³-hybridized carbons (Fsp3) is 0.455. The van der Waals surface area contributed by atoms with Gasteiger partial charge in [0.05, 0.1) is 16.7 Å². The average Bonchev–Trinajstić information content (AvgIpc) is 2.88. The normalized spacial score (nSPS) is 18.3. The molecule has 0 aliphatic carbocycles. The average molecular weight is 349 g/mol. The second-order valence-electron chi connectivity index (χ2n) is 3.94. The lowest BCUT2D eigenvalue weighted by atomic mass is 10.3. The third kappa shape index (κ3) is 4.07. The SMILES string of the molecule is CC1(CC(=O)NN=Cc2ccc(Br)o2)SCCS1. The highest BCUT2D eigenvalue weighted by Gasteiger charge is 2.32. The molecule has 1 aromatic heterocycles. The number of furan rings is 1. The summed E-state index contributed by atoms with van der Waals surface area (Å²) in [7, 11) is 0. The van der Waals surface area contributed by atoms with Gasteiger partial charge >= 0.3 is 0 Å². The first-order valence-corrected chi connectivity index (χ1v) is 8.19. The molecule has 0 atom stereocenters. The molecule has 18 heavy (non-hydrogen) atoms. The summed E-state index contributed by atoms with van der Waals surface area (Å²) in [4.78, 5) is 11.7. The molecule has 1 aromatic rings. The molecule has 1 aliphatic rings. The molecule has 0 unspecified atom stereocenters. The lowest BCUT2D eigenvalue weighted by Gasteiger charge is -2.19. The van der Waals surface area contributed by atoms with E-state index >= 15 is 0 Å². The second kappa shape index (κ2) is 6.16. The summed E-state index contributed by atoms with van der Waals surface area (Å²) in [6, 6.07) is 3.54. The van der Waals surface area contributed by atoms with Crippen LogP contribution in [0.3, 0.4) is 0 Å². The van der Waals surface area contributed by atoms with Crippen molar-refractivity contribution >= 4 is 51.6 Å². The van der Waals surface area contributed by atoms with Crippen LogP contribution >= 0.6 is 39.5 Å². The smallest absolute Gasteiger partial charge is 0.242 e. The van der Waals surface area contributed by atoms with Crippen LogP contribution in [0.2, 0.25) is 0 Å². The van der Waals surface area contributed by atoms with Crippen molar-refractivity contribution in [2.45, 2.75) is 17.4 Å². The number of nitrogens with one attached hydrogen (secondary N) is 1. The van der Waals surface area contributed by atoms with Crippen LogP contribution < -0.4 is 5.43 Å². The minimum absolute atomic E-state index is 0.00663. The molecule has 98 valence electrons. The van der Waals surface area contributed by atoms with Crippen LogP contribution in [0.15, 0.2) is 26.3 Å². The molecule has 0 spiro atoms. The maximum atomic E-state index is 11.7. The number of hydrogen-bond donors (Lipinski definition) is 1. The molecule has 1 aliphatic heterocycles. The van der Waals surface area contributed by atoms with Crippen molar-refractivity contribution in [1.29, 1.82) is 0 Å². The van der Waals surface area contributed by atoms with Crippen LogP contribution in [0.1, 0.15) is 19.1 Å². The number of hydrazone groups is 1. The van der Waals surface area contributed by atoms with Gasteiger partial charge in [-0.25, -0.2) is 5.43 Å². The third-order valence-electron chi connectivity index (χ3n) is 2.35. The van der Waals surface area contributed by atoms with Gasteiger partial charge in [0.2, 0.25) is 5.91 Å². The summed E-state index contributed by atoms with van der Waals surface area (Å²) >= 11 is 6.86. The predicted octanol–water partition coefficient (Wildman–Crippen LogP) is 3.08. The van der Waals surface area contributed by atoms with Gasteiger partial charge < -0.3 is 4.42 Å². The molecule has 0 bridgehead atoms. The van der Waals surface area contributed by atoms with E-state index in [0.717, 1.165) is 11.5 Å². The Bertz CT molecular complexity index is 456. The summed E-state index contributed by atoms with van der Waals surface area (Å²) in [5.41, 5.74) is 2.52. The van der Waals surface area contributed by atoms with E-state index in [9.17, 15) is 4.79 Å². The van der Waals surface area contributed by atoms with Crippen LogP contribution in [-0.4, -0.2) is 27.7 Å². The van der Waals surface area contributed by atoms with Gasteiger partial charge in [-0.3, -0.25) is 4.79 Å². The predicted molar refractivity (Wildman–Crippen MR) is 80.1 cm³/mol. The number of amides is 1. The van der Waals surface area contributed by atoms with E-state index in [1.807, 2.05) is 23.5 Å². The maximum Gasteiger partial charge on any atom is 0.242 e. The van der Waals surface area contributed by atoms with E-state index in [4.69, 9.17) is 4.42 Å². The lowest BCUT2D eigenvalue weighted by molar-refractivity contribution is -0.121. The molecule has 1 fully saturated rings. The van der Waals surface area contributed by atoms with Gasteiger partial charge in [-0.05, 0) is 35.0 Å². The van der Waals surface area contributed by atoms with E-state index in [0.29, 0.717) is 16.9 Å². The first kappa shape index (κ1) is 14.0. The standard InChI is InChI=1S/C11H13BrN2O2S2/c1-11(17-4-5-18-11)6-10(15)14-13-7-8-2-3-9(12)16-8/h2-3,7H,4-6H2,1H3,(H,14,15). The van der Waals surface area contributed by atoms with Crippen molar-refractivity contribution in [2.24, 2.45) is 5.10 Å². The Labute approximate surface area is 122 Å². The van der Waals surface area contributed by atoms with Crippen molar-refractivity contribution in [3.05, 3.63) is 22.6 Å². The Morgan fingerprint density at radius 3 is 2.94 bits per heavy atom. The Balaban J connectivity index is 1.79. The highest BCUT2D eigenvalue weighted by Crippen LogP contribution is 2.45. The van der Waals surface area contributed by atoms with Gasteiger partial charge in [0.1, 0.15) is 5.76 Å². The van der Waals surface area contributed by atoms with E-state index in [1.54, 1.807) is 12.1 Å². The third-order valence-corrected chi connectivity index (χ3v) is 6.07. The zero-order chi connectivity index (χ0) is 13.0. The molecule has 1 saturated heterocycles. The molecule has 1 N–H and O–H groups in total. The van der Waals surface area contributed by atoms with Gasteiger partial charge in [-0.15, -0.1) is 23.5 Å². The van der Waals surface area contributed by atoms with Crippen LogP contribution in [0.25, 0.3) is 0 Å². The molecule has 0 radical (unpaired) electrons. The van der Waals surface area contributed by atoms with Gasteiger partial charge in [0.25, 0.3) is 0 Å². The molecule has 4 nitrogen and oxygen atoms in total. The quantitative estimate of drug-likeness (QED) is 0.671. The Hall–Kier alpha value is -0.400. The second-order valence-corrected chi connectivity index (χ2v) is 8.18. The summed E-state index contributed by atoms with van der Waals surface area (Å²) in [6.07, 6.45) is 1.96. The largest absolute Gasteiger partial charge is 0.448 e. The number of nitrogens with zero attached hydrogens (tertiary/aromatic N) is 1. The van der Waals surface area contributed by atoms with Crippen molar-refractivity contribution < 1.29 is 9.21 Å². The van der Waals surface area contributed by atoms with Gasteiger partial charge in [-0.1, -0.05) is 0 Å². The fourth-order valence-electron chi connectivity index (χ4n) is 1.56. The summed E-state index contributed by atoms with van der Waals surface area (Å²) in [5.74, 6) is 2.75. The molecule has 1 amide bonds. The van der Waals surface area contributed by atoms with Gasteiger partial charge in [0, 0.05) is 11.5 Å². The minimum atomic E-state index is -0.0683. The molecule has 0 aromatic carbocycles.